The Morgan fingerprint density at radius 1 is 1.38 bits per heavy atom. The summed E-state index contributed by atoms with van der Waals surface area (Å²) in [5.74, 6) is 1.32. The van der Waals surface area contributed by atoms with Gasteiger partial charge >= 0.3 is 6.09 Å². The van der Waals surface area contributed by atoms with Gasteiger partial charge in [0.1, 0.15) is 24.3 Å². The third-order valence-corrected chi connectivity index (χ3v) is 6.57. The highest BCUT2D eigenvalue weighted by Crippen LogP contribution is 2.35. The van der Waals surface area contributed by atoms with Crippen molar-refractivity contribution in [2.45, 2.75) is 43.7 Å². The summed E-state index contributed by atoms with van der Waals surface area (Å²) < 4.78 is 25.8. The number of benzene rings is 1. The van der Waals surface area contributed by atoms with Crippen LogP contribution < -0.4 is 21.1 Å². The summed E-state index contributed by atoms with van der Waals surface area (Å²) in [6.07, 6.45) is 7.15. The van der Waals surface area contributed by atoms with Gasteiger partial charge in [0.25, 0.3) is 0 Å². The summed E-state index contributed by atoms with van der Waals surface area (Å²) in [7, 11) is 0. The first-order valence-electron chi connectivity index (χ1n) is 11.4. The fourth-order valence-corrected chi connectivity index (χ4v) is 4.46. The number of aliphatic imine (C=N–C) groups is 1. The number of hydrogen-bond donors (Lipinski definition) is 3. The highest BCUT2D eigenvalue weighted by molar-refractivity contribution is 5.73. The maximum Gasteiger partial charge on any atom is 0.415 e. The predicted octanol–water partition coefficient (Wildman–Crippen LogP) is 1.68. The Labute approximate surface area is 187 Å². The highest BCUT2D eigenvalue weighted by Gasteiger charge is 2.39. The van der Waals surface area contributed by atoms with Gasteiger partial charge in [-0.2, -0.15) is 0 Å². The molecule has 1 saturated heterocycles. The molecule has 4 aliphatic rings. The van der Waals surface area contributed by atoms with Crippen LogP contribution >= 0.6 is 0 Å². The van der Waals surface area contributed by atoms with Gasteiger partial charge in [-0.25, -0.2) is 14.2 Å². The molecule has 4 N–H and O–H groups in total. The normalized spacial score (nSPS) is 25.2. The molecule has 1 amide bonds. The number of carbonyl (C=O) groups is 1. The van der Waals surface area contributed by atoms with Crippen molar-refractivity contribution >= 4 is 12.3 Å². The minimum absolute atomic E-state index is 0.164. The summed E-state index contributed by atoms with van der Waals surface area (Å²) in [5, 5.41) is 6.50. The first kappa shape index (κ1) is 21.2. The standard InChI is InChI=1S/C23H30FN5O3/c24-20-10-18(31-14-23(25)2-3-23)9-16-7-15(8-19(16)20)11-26-4-1-17-13-29(22(30)32-17)21-12-27-5-6-28-21/h6,9-10,12,15,17,26-27H,1-5,7-8,11,13-14,25H2. The second-order valence-electron chi connectivity index (χ2n) is 9.30. The number of rotatable bonds is 9. The lowest BCUT2D eigenvalue weighted by Gasteiger charge is -2.16. The first-order chi connectivity index (χ1) is 15.5. The van der Waals surface area contributed by atoms with Gasteiger partial charge in [-0.1, -0.05) is 0 Å². The van der Waals surface area contributed by atoms with Crippen molar-refractivity contribution in [1.82, 2.24) is 15.5 Å². The number of fused-ring (bicyclic) bond motifs is 1. The summed E-state index contributed by atoms with van der Waals surface area (Å²) >= 11 is 0. The molecule has 2 unspecified atom stereocenters. The number of halogens is 1. The van der Waals surface area contributed by atoms with E-state index in [0.717, 1.165) is 56.3 Å². The lowest BCUT2D eigenvalue weighted by Crippen LogP contribution is -2.29. The zero-order valence-electron chi connectivity index (χ0n) is 18.1. The third-order valence-electron chi connectivity index (χ3n) is 6.57. The molecule has 1 aromatic rings. The third kappa shape index (κ3) is 4.73. The van der Waals surface area contributed by atoms with Crippen molar-refractivity contribution in [3.8, 4) is 5.75 Å². The van der Waals surface area contributed by atoms with Crippen LogP contribution in [0.2, 0.25) is 0 Å². The molecule has 0 spiro atoms. The maximum absolute atomic E-state index is 14.6. The summed E-state index contributed by atoms with van der Waals surface area (Å²) in [6, 6.07) is 3.45. The minimum atomic E-state index is -0.357. The molecule has 2 atom stereocenters. The van der Waals surface area contributed by atoms with Crippen LogP contribution in [0.25, 0.3) is 0 Å². The number of nitrogens with one attached hydrogen (secondary N) is 2. The summed E-state index contributed by atoms with van der Waals surface area (Å²) in [5.41, 5.74) is 7.68. The molecule has 2 aliphatic heterocycles. The van der Waals surface area contributed by atoms with Crippen LogP contribution in [0.4, 0.5) is 9.18 Å². The van der Waals surface area contributed by atoms with Gasteiger partial charge in [0.15, 0.2) is 5.82 Å². The second kappa shape index (κ2) is 8.71. The van der Waals surface area contributed by atoms with Crippen LogP contribution in [0.5, 0.6) is 5.75 Å². The fourth-order valence-electron chi connectivity index (χ4n) is 4.46. The minimum Gasteiger partial charge on any atom is -0.492 e. The van der Waals surface area contributed by atoms with Crippen LogP contribution in [-0.2, 0) is 17.6 Å². The van der Waals surface area contributed by atoms with E-state index in [1.54, 1.807) is 17.3 Å². The maximum atomic E-state index is 14.6. The van der Waals surface area contributed by atoms with Crippen molar-refractivity contribution < 1.29 is 18.7 Å². The predicted molar refractivity (Wildman–Crippen MR) is 118 cm³/mol. The number of ether oxygens (including phenoxy) is 2. The molecule has 0 bridgehead atoms. The van der Waals surface area contributed by atoms with Gasteiger partial charge in [-0.05, 0) is 68.3 Å². The number of nitrogens with zero attached hydrogens (tertiary/aromatic N) is 2. The molecule has 9 heteroatoms. The van der Waals surface area contributed by atoms with Crippen molar-refractivity contribution in [2.75, 3.05) is 32.8 Å². The topological polar surface area (TPSA) is 101 Å². The molecule has 1 aromatic carbocycles. The number of cyclic esters (lactones) is 1. The molecule has 32 heavy (non-hydrogen) atoms. The quantitative estimate of drug-likeness (QED) is 0.502. The van der Waals surface area contributed by atoms with Crippen LogP contribution in [0.3, 0.4) is 0 Å². The molecule has 0 radical (unpaired) electrons. The molecule has 5 rings (SSSR count). The summed E-state index contributed by atoms with van der Waals surface area (Å²) in [6.45, 7) is 3.13. The molecule has 1 saturated carbocycles. The van der Waals surface area contributed by atoms with Gasteiger partial charge in [0.2, 0.25) is 0 Å². The lowest BCUT2D eigenvalue weighted by molar-refractivity contribution is 0.130. The Bertz CT molecular complexity index is 946. The lowest BCUT2D eigenvalue weighted by atomic mass is 10.1. The second-order valence-corrected chi connectivity index (χ2v) is 9.30. The molecule has 2 heterocycles. The van der Waals surface area contributed by atoms with Crippen molar-refractivity contribution in [2.24, 2.45) is 16.6 Å². The van der Waals surface area contributed by atoms with E-state index < -0.39 is 0 Å². The molecule has 2 fully saturated rings. The van der Waals surface area contributed by atoms with Crippen molar-refractivity contribution in [1.29, 1.82) is 0 Å². The van der Waals surface area contributed by atoms with Gasteiger partial charge in [0, 0.05) is 25.0 Å². The average molecular weight is 444 g/mol. The van der Waals surface area contributed by atoms with E-state index in [0.29, 0.717) is 37.2 Å². The Kier molecular flexibility index (Phi) is 5.77. The molecule has 172 valence electrons. The van der Waals surface area contributed by atoms with E-state index >= 15 is 0 Å². The SMILES string of the molecule is NC1(COc2cc(F)c3c(c2)CC(CNCCC2CN(C4=CNCC=N4)C(=O)O2)C3)CC1. The molecular weight excluding hydrogens is 413 g/mol. The highest BCUT2D eigenvalue weighted by atomic mass is 19.1. The molecule has 2 aliphatic carbocycles. The van der Waals surface area contributed by atoms with E-state index in [1.165, 1.54) is 6.07 Å². The number of hydrogen-bond acceptors (Lipinski definition) is 7. The molecular formula is C23H30FN5O3. The number of amides is 1. The van der Waals surface area contributed by atoms with Gasteiger partial charge in [-0.3, -0.25) is 4.90 Å². The van der Waals surface area contributed by atoms with Crippen molar-refractivity contribution in [3.05, 3.63) is 41.1 Å². The van der Waals surface area contributed by atoms with E-state index in [-0.39, 0.29) is 23.6 Å². The van der Waals surface area contributed by atoms with Crippen molar-refractivity contribution in [3.63, 3.8) is 0 Å². The molecule has 8 nitrogen and oxygen atoms in total. The summed E-state index contributed by atoms with van der Waals surface area (Å²) in [4.78, 5) is 17.9. The monoisotopic (exact) mass is 443 g/mol. The van der Waals surface area contributed by atoms with E-state index in [1.807, 2.05) is 6.07 Å². The zero-order chi connectivity index (χ0) is 22.1. The largest absolute Gasteiger partial charge is 0.492 e. The Morgan fingerprint density at radius 3 is 3.03 bits per heavy atom. The Hall–Kier alpha value is -2.65. The fraction of sp³-hybridized carbons (Fsp3) is 0.565. The Balaban J connectivity index is 1.05. The zero-order valence-corrected chi connectivity index (χ0v) is 18.1. The van der Waals surface area contributed by atoms with Crippen LogP contribution in [0.15, 0.2) is 29.1 Å². The number of carbonyl (C=O) groups excluding carboxylic acids is 1. The van der Waals surface area contributed by atoms with E-state index in [9.17, 15) is 9.18 Å². The van der Waals surface area contributed by atoms with Gasteiger partial charge in [0.05, 0.1) is 12.1 Å². The van der Waals surface area contributed by atoms with Gasteiger partial charge in [-0.15, -0.1) is 0 Å². The van der Waals surface area contributed by atoms with Crippen LogP contribution in [-0.4, -0.2) is 61.6 Å². The van der Waals surface area contributed by atoms with E-state index in [4.69, 9.17) is 15.2 Å². The molecule has 0 aromatic heterocycles. The first-order valence-corrected chi connectivity index (χ1v) is 11.4. The smallest absolute Gasteiger partial charge is 0.415 e. The van der Waals surface area contributed by atoms with Gasteiger partial charge < -0.3 is 25.8 Å². The Morgan fingerprint density at radius 2 is 2.25 bits per heavy atom. The van der Waals surface area contributed by atoms with E-state index in [2.05, 4.69) is 15.6 Å². The van der Waals surface area contributed by atoms with Crippen LogP contribution in [0.1, 0.15) is 30.4 Å². The number of nitrogens with two attached hydrogens (primary N) is 1. The average Bonchev–Trinajstić information content (AvgIpc) is 3.20. The van der Waals surface area contributed by atoms with Crippen LogP contribution in [0, 0.1) is 11.7 Å².